The van der Waals surface area contributed by atoms with Crippen LogP contribution in [0.5, 0.6) is 0 Å². The van der Waals surface area contributed by atoms with Crippen LogP contribution in [-0.2, 0) is 32.7 Å². The van der Waals surface area contributed by atoms with Crippen LogP contribution < -0.4 is 0 Å². The fourth-order valence-electron chi connectivity index (χ4n) is 1.27. The summed E-state index contributed by atoms with van der Waals surface area (Å²) in [4.78, 5) is 0. The zero-order chi connectivity index (χ0) is 8.39. The zero-order valence-corrected chi connectivity index (χ0v) is 9.88. The number of benzene rings is 2. The molecule has 0 atom stereocenters. The normalized spacial score (nSPS) is 8.85. The van der Waals surface area contributed by atoms with Gasteiger partial charge in [0, 0.05) is 32.7 Å². The summed E-state index contributed by atoms with van der Waals surface area (Å²) in [5, 5.41) is 2.17. The third kappa shape index (κ3) is 1.99. The number of fused-ring (bicyclic) bond motifs is 1. The Morgan fingerprint density at radius 1 is 1.15 bits per heavy atom. The summed E-state index contributed by atoms with van der Waals surface area (Å²) in [5.41, 5.74) is 0.730. The summed E-state index contributed by atoms with van der Waals surface area (Å²) in [7, 11) is 0. The Kier molecular flexibility index (Phi) is 3.66. The molecule has 0 bridgehead atoms. The van der Waals surface area contributed by atoms with Crippen LogP contribution in [0.15, 0.2) is 36.4 Å². The second-order valence-electron chi connectivity index (χ2n) is 2.56. The van der Waals surface area contributed by atoms with Crippen molar-refractivity contribution in [3.05, 3.63) is 54.5 Å². The average molecular weight is 239 g/mol. The van der Waals surface area contributed by atoms with Crippen molar-refractivity contribution in [1.29, 1.82) is 0 Å². The molecule has 2 aromatic carbocycles. The summed E-state index contributed by atoms with van der Waals surface area (Å²) in [6, 6.07) is 14.7. The molecule has 2 aromatic rings. The van der Waals surface area contributed by atoms with Crippen molar-refractivity contribution in [2.24, 2.45) is 0 Å². The molecular weight excluding hydrogens is 233 g/mol. The van der Waals surface area contributed by atoms with Crippen molar-refractivity contribution in [2.45, 2.75) is 0 Å². The van der Waals surface area contributed by atoms with Gasteiger partial charge in [0.05, 0.1) is 0 Å². The van der Waals surface area contributed by atoms with Crippen molar-refractivity contribution in [3.63, 3.8) is 0 Å². The van der Waals surface area contributed by atoms with Gasteiger partial charge in [-0.1, -0.05) is 18.2 Å². The van der Waals surface area contributed by atoms with Crippen LogP contribution in [0.1, 0.15) is 5.56 Å². The van der Waals surface area contributed by atoms with Crippen LogP contribution in [0, 0.1) is 18.4 Å². The van der Waals surface area contributed by atoms with Crippen LogP contribution in [-0.4, -0.2) is 0 Å². The molecule has 0 nitrogen and oxygen atoms in total. The van der Waals surface area contributed by atoms with E-state index in [4.69, 9.17) is 6.42 Å². The summed E-state index contributed by atoms with van der Waals surface area (Å²) in [6.07, 6.45) is 7.04. The number of hydrogen-bond acceptors (Lipinski definition) is 0. The summed E-state index contributed by atoms with van der Waals surface area (Å²) < 4.78 is 0. The molecule has 0 saturated carbocycles. The SMILES string of the molecule is [C-]#Cc1[c-]ccc2ccccc12.[Y]. The molecule has 1 radical (unpaired) electrons. The molecule has 0 aliphatic carbocycles. The van der Waals surface area contributed by atoms with Crippen molar-refractivity contribution >= 4 is 10.8 Å². The van der Waals surface area contributed by atoms with Gasteiger partial charge in [-0.25, -0.2) is 6.07 Å². The molecule has 0 unspecified atom stereocenters. The van der Waals surface area contributed by atoms with E-state index >= 15 is 0 Å². The van der Waals surface area contributed by atoms with Gasteiger partial charge in [0.2, 0.25) is 0 Å². The Morgan fingerprint density at radius 2 is 1.92 bits per heavy atom. The van der Waals surface area contributed by atoms with E-state index in [1.807, 2.05) is 36.4 Å². The molecule has 1 heteroatoms. The van der Waals surface area contributed by atoms with E-state index in [0.717, 1.165) is 16.3 Å². The molecule has 0 heterocycles. The van der Waals surface area contributed by atoms with Gasteiger partial charge in [-0.2, -0.15) is 11.5 Å². The molecule has 0 aromatic heterocycles. The molecule has 0 aliphatic rings. The largest absolute Gasteiger partial charge is 0.437 e. The van der Waals surface area contributed by atoms with Gasteiger partial charge in [0.1, 0.15) is 0 Å². The Morgan fingerprint density at radius 3 is 2.69 bits per heavy atom. The summed E-state index contributed by atoms with van der Waals surface area (Å²) in [6.45, 7) is 0. The molecule has 0 fully saturated rings. The molecule has 2 rings (SSSR count). The molecule has 0 amide bonds. The van der Waals surface area contributed by atoms with E-state index < -0.39 is 0 Å². The minimum atomic E-state index is 0. The van der Waals surface area contributed by atoms with E-state index in [2.05, 4.69) is 12.0 Å². The molecule has 59 valence electrons. The quantitative estimate of drug-likeness (QED) is 0.489. The monoisotopic (exact) mass is 239 g/mol. The number of hydrogen-bond donors (Lipinski definition) is 0. The van der Waals surface area contributed by atoms with Crippen LogP contribution >= 0.6 is 0 Å². The topological polar surface area (TPSA) is 0 Å². The van der Waals surface area contributed by atoms with Gasteiger partial charge in [-0.05, 0) is 0 Å². The Labute approximate surface area is 103 Å². The van der Waals surface area contributed by atoms with E-state index in [9.17, 15) is 0 Å². The van der Waals surface area contributed by atoms with Crippen molar-refractivity contribution in [3.8, 4) is 5.92 Å². The third-order valence-corrected chi connectivity index (χ3v) is 1.85. The van der Waals surface area contributed by atoms with Crippen LogP contribution in [0.3, 0.4) is 0 Å². The summed E-state index contributed by atoms with van der Waals surface area (Å²) >= 11 is 0. The smallest absolute Gasteiger partial charge is 0 e. The molecule has 13 heavy (non-hydrogen) atoms. The van der Waals surface area contributed by atoms with Gasteiger partial charge < -0.3 is 12.3 Å². The van der Waals surface area contributed by atoms with Crippen LogP contribution in [0.25, 0.3) is 10.8 Å². The second kappa shape index (κ2) is 4.56. The van der Waals surface area contributed by atoms with Gasteiger partial charge >= 0.3 is 0 Å². The maximum absolute atomic E-state index is 7.04. The van der Waals surface area contributed by atoms with Gasteiger partial charge in [0.25, 0.3) is 0 Å². The first-order valence-corrected chi connectivity index (χ1v) is 3.74. The number of rotatable bonds is 0. The zero-order valence-electron chi connectivity index (χ0n) is 7.04. The first-order chi connectivity index (χ1) is 5.92. The van der Waals surface area contributed by atoms with E-state index in [1.165, 1.54) is 0 Å². The predicted octanol–water partition coefficient (Wildman–Crippen LogP) is 2.58. The van der Waals surface area contributed by atoms with Crippen LogP contribution in [0.2, 0.25) is 0 Å². The Bertz CT molecular complexity index is 447. The van der Waals surface area contributed by atoms with Crippen molar-refractivity contribution < 1.29 is 32.7 Å². The van der Waals surface area contributed by atoms with E-state index in [-0.39, 0.29) is 32.7 Å². The molecule has 0 saturated heterocycles. The molecule has 0 N–H and O–H groups in total. The Hall–Kier alpha value is -0.636. The third-order valence-electron chi connectivity index (χ3n) is 1.85. The average Bonchev–Trinajstić information content (AvgIpc) is 2.17. The van der Waals surface area contributed by atoms with Crippen molar-refractivity contribution in [2.75, 3.05) is 0 Å². The maximum atomic E-state index is 7.04. The fraction of sp³-hybridized carbons (Fsp3) is 0. The first kappa shape index (κ1) is 10.4. The van der Waals surface area contributed by atoms with Gasteiger partial charge in [0.15, 0.2) is 0 Å². The van der Waals surface area contributed by atoms with Crippen LogP contribution in [0.4, 0.5) is 0 Å². The molecule has 0 spiro atoms. The fourth-order valence-corrected chi connectivity index (χ4v) is 1.27. The van der Waals surface area contributed by atoms with Gasteiger partial charge in [-0.3, -0.25) is 5.56 Å². The van der Waals surface area contributed by atoms with E-state index in [0.29, 0.717) is 0 Å². The second-order valence-corrected chi connectivity index (χ2v) is 2.56. The standard InChI is InChI=1S/C12H6.Y/c1-2-10-7-5-8-11-6-3-4-9-12(10)11;/h3-6,8-9H;/q-2;. The minimum absolute atomic E-state index is 0. The first-order valence-electron chi connectivity index (χ1n) is 3.74. The Balaban J connectivity index is 0.000000845. The summed E-state index contributed by atoms with van der Waals surface area (Å²) in [5.74, 6) is 2.36. The van der Waals surface area contributed by atoms with Crippen molar-refractivity contribution in [1.82, 2.24) is 0 Å². The van der Waals surface area contributed by atoms with E-state index in [1.54, 1.807) is 0 Å². The van der Waals surface area contributed by atoms with Gasteiger partial charge in [-0.15, -0.1) is 17.5 Å². The minimum Gasteiger partial charge on any atom is -0.437 e. The maximum Gasteiger partial charge on any atom is 0 e. The molecular formula is C12H6Y-2. The predicted molar refractivity (Wildman–Crippen MR) is 49.0 cm³/mol. The molecule has 0 aliphatic heterocycles.